The summed E-state index contributed by atoms with van der Waals surface area (Å²) in [5.41, 5.74) is 2.55. The third-order valence-corrected chi connectivity index (χ3v) is 9.38. The van der Waals surface area contributed by atoms with Crippen LogP contribution in [0, 0.1) is 0 Å². The average Bonchev–Trinajstić information content (AvgIpc) is 3.78. The Balaban J connectivity index is 1.26. The number of benzene rings is 2. The van der Waals surface area contributed by atoms with Crippen molar-refractivity contribution in [1.29, 1.82) is 0 Å². The van der Waals surface area contributed by atoms with E-state index in [1.807, 2.05) is 35.2 Å². The number of carbonyl (C=O) groups is 1. The second-order valence-electron chi connectivity index (χ2n) is 12.3. The Morgan fingerprint density at radius 3 is 2.60 bits per heavy atom. The molecule has 1 aromatic heterocycles. The van der Waals surface area contributed by atoms with Crippen molar-refractivity contribution in [3.63, 3.8) is 0 Å². The fourth-order valence-electron chi connectivity index (χ4n) is 7.04. The van der Waals surface area contributed by atoms with Crippen LogP contribution in [0.4, 0.5) is 0 Å². The number of aliphatic hydroxyl groups is 1. The number of imidazole rings is 1. The van der Waals surface area contributed by atoms with Crippen molar-refractivity contribution in [3.05, 3.63) is 78.2 Å². The summed E-state index contributed by atoms with van der Waals surface area (Å²) in [4.78, 5) is 23.8. The van der Waals surface area contributed by atoms with Crippen molar-refractivity contribution in [2.75, 3.05) is 39.9 Å². The van der Waals surface area contributed by atoms with Gasteiger partial charge in [-0.25, -0.2) is 4.98 Å². The molecule has 3 atom stereocenters. The van der Waals surface area contributed by atoms with Gasteiger partial charge < -0.3 is 24.6 Å². The molecule has 8 heteroatoms. The molecule has 0 unspecified atom stereocenters. The molecule has 224 valence electrons. The van der Waals surface area contributed by atoms with Gasteiger partial charge in [-0.15, -0.1) is 0 Å². The number of piperazine rings is 1. The van der Waals surface area contributed by atoms with Gasteiger partial charge >= 0.3 is 0 Å². The van der Waals surface area contributed by atoms with E-state index in [-0.39, 0.29) is 24.6 Å². The highest BCUT2D eigenvalue weighted by Gasteiger charge is 2.42. The van der Waals surface area contributed by atoms with Gasteiger partial charge in [-0.2, -0.15) is 0 Å². The smallest absolute Gasteiger partial charge is 0.275 e. The maximum absolute atomic E-state index is 14.4. The third kappa shape index (κ3) is 6.32. The number of carbonyl (C=O) groups excluding carboxylic acids is 1. The molecule has 2 aliphatic carbocycles. The Hall–Kier alpha value is -3.04. The van der Waals surface area contributed by atoms with Crippen molar-refractivity contribution in [2.24, 2.45) is 0 Å². The first-order chi connectivity index (χ1) is 20.6. The minimum Gasteiger partial charge on any atom is -0.385 e. The standard InChI is InChI=1S/C34H45N5O3/c1-42-24-34(41)18-9-8-14-30(34)39-25-36-31(32(39)27-12-6-3-7-13-27)33(40)38-21-19-35-22-29(38)17-20-37(28-15-16-28)23-26-10-4-2-5-11-26/h2-7,10-13,25,28-30,35,41H,8-9,14-24H2,1H3/t29-,30-,34-/m1/s1. The highest BCUT2D eigenvalue weighted by molar-refractivity contribution is 5.98. The zero-order chi connectivity index (χ0) is 28.9. The van der Waals surface area contributed by atoms with Crippen molar-refractivity contribution >= 4 is 5.91 Å². The van der Waals surface area contributed by atoms with Gasteiger partial charge in [-0.1, -0.05) is 73.5 Å². The molecule has 3 aromatic rings. The Bertz CT molecular complexity index is 1310. The SMILES string of the molecule is COC[C@]1(O)CCCC[C@H]1n1cnc(C(=O)N2CCNC[C@H]2CCN(Cc2ccccc2)C2CC2)c1-c1ccccc1. The van der Waals surface area contributed by atoms with E-state index in [0.717, 1.165) is 63.1 Å². The molecule has 0 bridgehead atoms. The van der Waals surface area contributed by atoms with Crippen molar-refractivity contribution in [1.82, 2.24) is 24.7 Å². The van der Waals surface area contributed by atoms with Gasteiger partial charge in [-0.3, -0.25) is 9.69 Å². The van der Waals surface area contributed by atoms with Gasteiger partial charge in [0.15, 0.2) is 5.69 Å². The second kappa shape index (κ2) is 13.1. The van der Waals surface area contributed by atoms with Crippen LogP contribution in [0.1, 0.15) is 67.0 Å². The van der Waals surface area contributed by atoms with Crippen LogP contribution in [-0.4, -0.2) is 87.9 Å². The molecule has 0 radical (unpaired) electrons. The molecule has 0 spiro atoms. The first kappa shape index (κ1) is 29.1. The Kier molecular flexibility index (Phi) is 9.05. The monoisotopic (exact) mass is 571 g/mol. The number of ether oxygens (including phenoxy) is 1. The molecule has 1 amide bonds. The lowest BCUT2D eigenvalue weighted by Gasteiger charge is -2.41. The number of nitrogens with zero attached hydrogens (tertiary/aromatic N) is 4. The van der Waals surface area contributed by atoms with E-state index in [9.17, 15) is 9.90 Å². The predicted octanol–water partition coefficient (Wildman–Crippen LogP) is 4.51. The van der Waals surface area contributed by atoms with E-state index in [1.165, 1.54) is 18.4 Å². The summed E-state index contributed by atoms with van der Waals surface area (Å²) in [6.07, 6.45) is 8.67. The molecule has 8 nitrogen and oxygen atoms in total. The van der Waals surface area contributed by atoms with Crippen LogP contribution in [0.3, 0.4) is 0 Å². The van der Waals surface area contributed by atoms with Gasteiger partial charge in [0.25, 0.3) is 5.91 Å². The number of aromatic nitrogens is 2. The Labute approximate surface area is 249 Å². The van der Waals surface area contributed by atoms with Crippen LogP contribution in [0.5, 0.6) is 0 Å². The van der Waals surface area contributed by atoms with Crippen molar-refractivity contribution < 1.29 is 14.6 Å². The van der Waals surface area contributed by atoms with Crippen LogP contribution < -0.4 is 5.32 Å². The molecule has 3 fully saturated rings. The molecular weight excluding hydrogens is 526 g/mol. The summed E-state index contributed by atoms with van der Waals surface area (Å²) >= 11 is 0. The fraction of sp³-hybridized carbons (Fsp3) is 0.529. The van der Waals surface area contributed by atoms with Crippen LogP contribution in [0.2, 0.25) is 0 Å². The summed E-state index contributed by atoms with van der Waals surface area (Å²) in [5, 5.41) is 15.2. The summed E-state index contributed by atoms with van der Waals surface area (Å²) in [5.74, 6) is -0.0220. The Morgan fingerprint density at radius 2 is 1.86 bits per heavy atom. The molecule has 2 heterocycles. The lowest BCUT2D eigenvalue weighted by Crippen LogP contribution is -2.54. The minimum absolute atomic E-state index is 0.0220. The van der Waals surface area contributed by atoms with E-state index in [1.54, 1.807) is 13.4 Å². The molecule has 2 N–H and O–H groups in total. The number of nitrogens with one attached hydrogen (secondary N) is 1. The Morgan fingerprint density at radius 1 is 1.10 bits per heavy atom. The molecular formula is C34H45N5O3. The van der Waals surface area contributed by atoms with E-state index in [2.05, 4.69) is 45.1 Å². The van der Waals surface area contributed by atoms with Gasteiger partial charge in [0, 0.05) is 57.5 Å². The fourth-order valence-corrected chi connectivity index (χ4v) is 7.04. The van der Waals surface area contributed by atoms with E-state index in [4.69, 9.17) is 9.72 Å². The quantitative estimate of drug-likeness (QED) is 0.353. The molecule has 1 aliphatic heterocycles. The van der Waals surface area contributed by atoms with Crippen molar-refractivity contribution in [2.45, 2.75) is 75.2 Å². The predicted molar refractivity (Wildman–Crippen MR) is 164 cm³/mol. The van der Waals surface area contributed by atoms with E-state index in [0.29, 0.717) is 24.7 Å². The van der Waals surface area contributed by atoms with Gasteiger partial charge in [0.05, 0.1) is 24.7 Å². The van der Waals surface area contributed by atoms with Crippen LogP contribution in [-0.2, 0) is 11.3 Å². The summed E-state index contributed by atoms with van der Waals surface area (Å²) in [6, 6.07) is 21.3. The third-order valence-electron chi connectivity index (χ3n) is 9.38. The first-order valence-corrected chi connectivity index (χ1v) is 15.7. The number of methoxy groups -OCH3 is 1. The topological polar surface area (TPSA) is 82.9 Å². The van der Waals surface area contributed by atoms with Gasteiger partial charge in [0.1, 0.15) is 5.60 Å². The maximum atomic E-state index is 14.4. The number of rotatable bonds is 11. The number of amides is 1. The zero-order valence-electron chi connectivity index (χ0n) is 24.8. The molecule has 6 rings (SSSR count). The first-order valence-electron chi connectivity index (χ1n) is 15.7. The van der Waals surface area contributed by atoms with Gasteiger partial charge in [0.2, 0.25) is 0 Å². The largest absolute Gasteiger partial charge is 0.385 e. The van der Waals surface area contributed by atoms with E-state index >= 15 is 0 Å². The summed E-state index contributed by atoms with van der Waals surface area (Å²) in [6.45, 7) is 4.39. The normalized spacial score (nSPS) is 24.7. The van der Waals surface area contributed by atoms with Crippen LogP contribution >= 0.6 is 0 Å². The number of hydrogen-bond acceptors (Lipinski definition) is 6. The average molecular weight is 572 g/mol. The van der Waals surface area contributed by atoms with Crippen LogP contribution in [0.25, 0.3) is 11.3 Å². The highest BCUT2D eigenvalue weighted by Crippen LogP contribution is 2.41. The highest BCUT2D eigenvalue weighted by atomic mass is 16.5. The summed E-state index contributed by atoms with van der Waals surface area (Å²) in [7, 11) is 1.64. The maximum Gasteiger partial charge on any atom is 0.275 e. The lowest BCUT2D eigenvalue weighted by molar-refractivity contribution is -0.0893. The van der Waals surface area contributed by atoms with E-state index < -0.39 is 5.60 Å². The molecule has 3 aliphatic rings. The lowest BCUT2D eigenvalue weighted by atomic mass is 9.80. The molecule has 42 heavy (non-hydrogen) atoms. The molecule has 2 aromatic carbocycles. The second-order valence-corrected chi connectivity index (χ2v) is 12.3. The zero-order valence-corrected chi connectivity index (χ0v) is 24.8. The summed E-state index contributed by atoms with van der Waals surface area (Å²) < 4.78 is 7.54. The molecule has 2 saturated carbocycles. The van der Waals surface area contributed by atoms with Gasteiger partial charge in [-0.05, 0) is 37.7 Å². The van der Waals surface area contributed by atoms with Crippen LogP contribution in [0.15, 0.2) is 67.0 Å². The van der Waals surface area contributed by atoms with Crippen molar-refractivity contribution in [3.8, 4) is 11.3 Å². The number of hydrogen-bond donors (Lipinski definition) is 2. The minimum atomic E-state index is -1.000. The molecule has 1 saturated heterocycles.